The van der Waals surface area contributed by atoms with Gasteiger partial charge in [-0.3, -0.25) is 0 Å². The van der Waals surface area contributed by atoms with Gasteiger partial charge in [-0.2, -0.15) is 0 Å². The van der Waals surface area contributed by atoms with E-state index in [0.717, 1.165) is 10.0 Å². The number of benzene rings is 1. The molecular formula is C20H27BrO7. The van der Waals surface area contributed by atoms with Gasteiger partial charge in [-0.15, -0.1) is 6.58 Å². The van der Waals surface area contributed by atoms with Gasteiger partial charge >= 0.3 is 0 Å². The first kappa shape index (κ1) is 21.5. The Kier molecular flexibility index (Phi) is 6.69. The molecule has 0 radical (unpaired) electrons. The van der Waals surface area contributed by atoms with Crippen LogP contribution in [0.3, 0.4) is 0 Å². The van der Waals surface area contributed by atoms with E-state index in [1.54, 1.807) is 27.4 Å². The van der Waals surface area contributed by atoms with Crippen LogP contribution in [0.5, 0.6) is 11.5 Å². The number of rotatable bonds is 7. The minimum absolute atomic E-state index is 0.309. The van der Waals surface area contributed by atoms with Crippen molar-refractivity contribution in [2.45, 2.75) is 56.9 Å². The van der Waals surface area contributed by atoms with Crippen LogP contribution in [-0.4, -0.2) is 57.8 Å². The lowest BCUT2D eigenvalue weighted by molar-refractivity contribution is -0.264. The number of halogens is 1. The highest BCUT2D eigenvalue weighted by atomic mass is 79.9. The number of hydrogen-bond donors (Lipinski definition) is 0. The first-order chi connectivity index (χ1) is 13.3. The summed E-state index contributed by atoms with van der Waals surface area (Å²) in [5.74, 6) is 0.514. The Balaban J connectivity index is 1.81. The SMILES string of the molecule is C=C[C@H]1O[C@H](OC)[C@H]2OC(C)(C)O[C@H]2[C@@H]1OCc1cc(OC)c(OC)cc1Br. The van der Waals surface area contributed by atoms with Crippen molar-refractivity contribution in [3.05, 3.63) is 34.8 Å². The molecule has 7 nitrogen and oxygen atoms in total. The van der Waals surface area contributed by atoms with Crippen molar-refractivity contribution in [3.63, 3.8) is 0 Å². The summed E-state index contributed by atoms with van der Waals surface area (Å²) in [7, 11) is 4.78. The number of ether oxygens (including phenoxy) is 7. The minimum atomic E-state index is -0.753. The molecule has 0 bridgehead atoms. The van der Waals surface area contributed by atoms with Crippen molar-refractivity contribution in [2.75, 3.05) is 21.3 Å². The van der Waals surface area contributed by atoms with E-state index < -0.39 is 30.4 Å². The number of fused-ring (bicyclic) bond motifs is 1. The topological polar surface area (TPSA) is 64.6 Å². The summed E-state index contributed by atoms with van der Waals surface area (Å²) < 4.78 is 41.3. The van der Waals surface area contributed by atoms with Crippen LogP contribution >= 0.6 is 15.9 Å². The van der Waals surface area contributed by atoms with Crippen LogP contribution in [0.25, 0.3) is 0 Å². The zero-order chi connectivity index (χ0) is 20.5. The molecule has 2 saturated heterocycles. The van der Waals surface area contributed by atoms with Crippen LogP contribution in [-0.2, 0) is 30.3 Å². The molecule has 2 aliphatic heterocycles. The lowest BCUT2D eigenvalue weighted by Crippen LogP contribution is -2.57. The summed E-state index contributed by atoms with van der Waals surface area (Å²) in [5.41, 5.74) is 0.907. The fraction of sp³-hybridized carbons (Fsp3) is 0.600. The molecule has 1 aromatic rings. The second-order valence-electron chi connectivity index (χ2n) is 7.08. The summed E-state index contributed by atoms with van der Waals surface area (Å²) in [4.78, 5) is 0. The fourth-order valence-electron chi connectivity index (χ4n) is 3.54. The Morgan fingerprint density at radius 3 is 2.36 bits per heavy atom. The predicted octanol–water partition coefficient (Wildman–Crippen LogP) is 3.43. The summed E-state index contributed by atoms with van der Waals surface area (Å²) in [6, 6.07) is 3.73. The molecule has 0 unspecified atom stereocenters. The zero-order valence-corrected chi connectivity index (χ0v) is 18.4. The summed E-state index contributed by atoms with van der Waals surface area (Å²) in [6.45, 7) is 7.91. The van der Waals surface area contributed by atoms with E-state index in [0.29, 0.717) is 18.1 Å². The van der Waals surface area contributed by atoms with E-state index in [2.05, 4.69) is 22.5 Å². The van der Waals surface area contributed by atoms with Gasteiger partial charge in [0.15, 0.2) is 23.6 Å². The molecular weight excluding hydrogens is 432 g/mol. The molecule has 0 amide bonds. The summed E-state index contributed by atoms with van der Waals surface area (Å²) in [6.07, 6.45) is -0.406. The smallest absolute Gasteiger partial charge is 0.186 e. The molecule has 1 aromatic carbocycles. The van der Waals surface area contributed by atoms with Gasteiger partial charge in [-0.05, 0) is 31.5 Å². The molecule has 0 saturated carbocycles. The maximum Gasteiger partial charge on any atom is 0.186 e. The highest BCUT2D eigenvalue weighted by molar-refractivity contribution is 9.10. The largest absolute Gasteiger partial charge is 0.493 e. The van der Waals surface area contributed by atoms with Crippen LogP contribution < -0.4 is 9.47 Å². The van der Waals surface area contributed by atoms with Crippen molar-refractivity contribution in [2.24, 2.45) is 0 Å². The summed E-state index contributed by atoms with van der Waals surface area (Å²) >= 11 is 3.56. The van der Waals surface area contributed by atoms with Crippen LogP contribution in [0.1, 0.15) is 19.4 Å². The second kappa shape index (κ2) is 8.69. The van der Waals surface area contributed by atoms with Crippen LogP contribution in [0.4, 0.5) is 0 Å². The highest BCUT2D eigenvalue weighted by Crippen LogP contribution is 2.40. The molecule has 156 valence electrons. The Labute approximate surface area is 174 Å². The molecule has 28 heavy (non-hydrogen) atoms. The van der Waals surface area contributed by atoms with Crippen molar-refractivity contribution in [3.8, 4) is 11.5 Å². The third kappa shape index (κ3) is 4.22. The Hall–Kier alpha value is -1.16. The van der Waals surface area contributed by atoms with Crippen molar-refractivity contribution < 1.29 is 33.2 Å². The normalized spacial score (nSPS) is 31.3. The Morgan fingerprint density at radius 2 is 1.75 bits per heavy atom. The fourth-order valence-corrected chi connectivity index (χ4v) is 3.98. The molecule has 0 N–H and O–H groups in total. The van der Waals surface area contributed by atoms with Gasteiger partial charge in [0.2, 0.25) is 0 Å². The lowest BCUT2D eigenvalue weighted by Gasteiger charge is -2.40. The maximum atomic E-state index is 6.24. The van der Waals surface area contributed by atoms with E-state index in [9.17, 15) is 0 Å². The van der Waals surface area contributed by atoms with Gasteiger partial charge in [0.1, 0.15) is 24.4 Å². The highest BCUT2D eigenvalue weighted by Gasteiger charge is 2.55. The number of methoxy groups -OCH3 is 3. The third-order valence-corrected chi connectivity index (χ3v) is 5.56. The third-order valence-electron chi connectivity index (χ3n) is 4.82. The van der Waals surface area contributed by atoms with E-state index in [4.69, 9.17) is 33.2 Å². The molecule has 0 aromatic heterocycles. The van der Waals surface area contributed by atoms with E-state index in [1.165, 1.54) is 0 Å². The van der Waals surface area contributed by atoms with Crippen LogP contribution in [0.2, 0.25) is 0 Å². The van der Waals surface area contributed by atoms with Crippen LogP contribution in [0, 0.1) is 0 Å². The summed E-state index contributed by atoms with van der Waals surface area (Å²) in [5, 5.41) is 0. The van der Waals surface area contributed by atoms with Gasteiger partial charge in [0.05, 0.1) is 20.8 Å². The molecule has 8 heteroatoms. The number of hydrogen-bond acceptors (Lipinski definition) is 7. The van der Waals surface area contributed by atoms with Gasteiger partial charge in [-0.1, -0.05) is 22.0 Å². The van der Waals surface area contributed by atoms with E-state index >= 15 is 0 Å². The second-order valence-corrected chi connectivity index (χ2v) is 7.93. The monoisotopic (exact) mass is 458 g/mol. The average molecular weight is 459 g/mol. The van der Waals surface area contributed by atoms with E-state index in [1.807, 2.05) is 26.0 Å². The molecule has 2 heterocycles. The van der Waals surface area contributed by atoms with Gasteiger partial charge in [-0.25, -0.2) is 0 Å². The Morgan fingerprint density at radius 1 is 1.11 bits per heavy atom. The Bertz CT molecular complexity index is 708. The molecule has 0 spiro atoms. The lowest BCUT2D eigenvalue weighted by atomic mass is 9.98. The molecule has 3 rings (SSSR count). The molecule has 5 atom stereocenters. The standard InChI is InChI=1S/C20H27BrO7/c1-7-13-16(17-18(19(24-6)26-13)28-20(2,3)27-17)25-10-11-8-14(22-4)15(23-5)9-12(11)21/h7-9,13,16-19H,1,10H2,2-6H3/t13-,16-,17+,18+,19+/m1/s1. The van der Waals surface area contributed by atoms with Crippen molar-refractivity contribution in [1.82, 2.24) is 0 Å². The average Bonchev–Trinajstić information content (AvgIpc) is 3.01. The maximum absolute atomic E-state index is 6.24. The van der Waals surface area contributed by atoms with Gasteiger partial charge < -0.3 is 33.2 Å². The first-order valence-corrected chi connectivity index (χ1v) is 9.81. The molecule has 2 aliphatic rings. The minimum Gasteiger partial charge on any atom is -0.493 e. The first-order valence-electron chi connectivity index (χ1n) is 9.02. The zero-order valence-electron chi connectivity index (χ0n) is 16.8. The van der Waals surface area contributed by atoms with Crippen molar-refractivity contribution in [1.29, 1.82) is 0 Å². The van der Waals surface area contributed by atoms with Crippen LogP contribution in [0.15, 0.2) is 29.3 Å². The van der Waals surface area contributed by atoms with E-state index in [-0.39, 0.29) is 6.10 Å². The van der Waals surface area contributed by atoms with Crippen molar-refractivity contribution >= 4 is 15.9 Å². The molecule has 2 fully saturated rings. The van der Waals surface area contributed by atoms with Gasteiger partial charge in [0, 0.05) is 11.6 Å². The molecule has 0 aliphatic carbocycles. The van der Waals surface area contributed by atoms with Gasteiger partial charge in [0.25, 0.3) is 0 Å². The predicted molar refractivity (Wildman–Crippen MR) is 106 cm³/mol. The quantitative estimate of drug-likeness (QED) is 0.579.